The highest BCUT2D eigenvalue weighted by Gasteiger charge is 2.70. The predicted molar refractivity (Wildman–Crippen MR) is 106 cm³/mol. The third-order valence-corrected chi connectivity index (χ3v) is 9.59. The number of hydrogen-bond acceptors (Lipinski definition) is 4. The van der Waals surface area contributed by atoms with Gasteiger partial charge in [0.05, 0.1) is 23.9 Å². The first-order valence-electron chi connectivity index (χ1n) is 11.4. The zero-order valence-corrected chi connectivity index (χ0v) is 18.0. The van der Waals surface area contributed by atoms with Crippen molar-refractivity contribution in [3.8, 4) is 0 Å². The Bertz CT molecular complexity index is 615. The van der Waals surface area contributed by atoms with E-state index >= 15 is 0 Å². The fourth-order valence-electron chi connectivity index (χ4n) is 8.02. The molecule has 5 rings (SSSR count). The molecule has 2 spiro atoms. The molecule has 0 aromatic rings. The Kier molecular flexibility index (Phi) is 3.99. The second kappa shape index (κ2) is 5.71. The predicted octanol–water partition coefficient (Wildman–Crippen LogP) is 4.27. The molecule has 3 saturated heterocycles. The van der Waals surface area contributed by atoms with Crippen molar-refractivity contribution in [3.63, 3.8) is 0 Å². The van der Waals surface area contributed by atoms with Crippen molar-refractivity contribution in [1.29, 1.82) is 0 Å². The summed E-state index contributed by atoms with van der Waals surface area (Å²) in [4.78, 5) is 0. The van der Waals surface area contributed by atoms with Gasteiger partial charge in [-0.2, -0.15) is 0 Å². The van der Waals surface area contributed by atoms with Crippen molar-refractivity contribution < 1.29 is 14.2 Å². The van der Waals surface area contributed by atoms with E-state index in [0.717, 1.165) is 26.1 Å². The quantitative estimate of drug-likeness (QED) is 0.684. The molecule has 3 aliphatic heterocycles. The van der Waals surface area contributed by atoms with Gasteiger partial charge >= 0.3 is 0 Å². The highest BCUT2D eigenvalue weighted by Crippen LogP contribution is 2.69. The first-order chi connectivity index (χ1) is 12.7. The SMILES string of the molecule is C[C@@H]1CC[C@@H]2[C@]3(C)COC(C)(C)O[C@H]3CC[C@]2(C)[C@@]12CC[C@]1(CCNC1)O2. The average molecular weight is 378 g/mol. The lowest BCUT2D eigenvalue weighted by Gasteiger charge is -2.67. The van der Waals surface area contributed by atoms with Crippen molar-refractivity contribution in [2.24, 2.45) is 22.7 Å². The minimum Gasteiger partial charge on any atom is -0.366 e. The number of fused-ring (bicyclic) bond motifs is 4. The van der Waals surface area contributed by atoms with Gasteiger partial charge in [-0.15, -0.1) is 0 Å². The molecule has 5 fully saturated rings. The molecule has 4 nitrogen and oxygen atoms in total. The third kappa shape index (κ3) is 2.42. The van der Waals surface area contributed by atoms with Crippen molar-refractivity contribution in [3.05, 3.63) is 0 Å². The normalized spacial score (nSPS) is 57.0. The molecule has 0 radical (unpaired) electrons. The summed E-state index contributed by atoms with van der Waals surface area (Å²) in [5.41, 5.74) is 0.445. The fraction of sp³-hybridized carbons (Fsp3) is 1.00. The van der Waals surface area contributed by atoms with Crippen LogP contribution < -0.4 is 5.32 Å². The van der Waals surface area contributed by atoms with E-state index in [0.29, 0.717) is 17.9 Å². The lowest BCUT2D eigenvalue weighted by atomic mass is 9.43. The van der Waals surface area contributed by atoms with Gasteiger partial charge in [0.15, 0.2) is 5.79 Å². The Morgan fingerprint density at radius 1 is 0.926 bits per heavy atom. The van der Waals surface area contributed by atoms with Gasteiger partial charge in [-0.05, 0) is 77.2 Å². The molecule has 7 atom stereocenters. The molecule has 2 aliphatic carbocycles. The largest absolute Gasteiger partial charge is 0.366 e. The summed E-state index contributed by atoms with van der Waals surface area (Å²) >= 11 is 0. The maximum atomic E-state index is 7.24. The Morgan fingerprint density at radius 2 is 1.74 bits per heavy atom. The van der Waals surface area contributed by atoms with E-state index in [2.05, 4.69) is 39.9 Å². The molecule has 2 saturated carbocycles. The van der Waals surface area contributed by atoms with Gasteiger partial charge in [-0.1, -0.05) is 20.8 Å². The first-order valence-corrected chi connectivity index (χ1v) is 11.4. The molecule has 0 aromatic heterocycles. The Morgan fingerprint density at radius 3 is 2.48 bits per heavy atom. The zero-order chi connectivity index (χ0) is 19.1. The molecular formula is C23H39NO3. The van der Waals surface area contributed by atoms with E-state index in [1.807, 2.05) is 0 Å². The van der Waals surface area contributed by atoms with Crippen LogP contribution >= 0.6 is 0 Å². The summed E-state index contributed by atoms with van der Waals surface area (Å²) < 4.78 is 19.9. The van der Waals surface area contributed by atoms with E-state index in [9.17, 15) is 0 Å². The molecule has 3 heterocycles. The van der Waals surface area contributed by atoms with Crippen LogP contribution in [-0.2, 0) is 14.2 Å². The van der Waals surface area contributed by atoms with Gasteiger partial charge in [-0.3, -0.25) is 0 Å². The molecule has 0 bridgehead atoms. The second-order valence-corrected chi connectivity index (χ2v) is 11.4. The van der Waals surface area contributed by atoms with Crippen molar-refractivity contribution in [1.82, 2.24) is 5.32 Å². The number of nitrogens with one attached hydrogen (secondary N) is 1. The average Bonchev–Trinajstić information content (AvgIpc) is 3.23. The van der Waals surface area contributed by atoms with Gasteiger partial charge in [0.25, 0.3) is 0 Å². The number of rotatable bonds is 0. The maximum Gasteiger partial charge on any atom is 0.163 e. The third-order valence-electron chi connectivity index (χ3n) is 9.59. The highest BCUT2D eigenvalue weighted by molar-refractivity contribution is 5.18. The van der Waals surface area contributed by atoms with E-state index in [-0.39, 0.29) is 22.0 Å². The smallest absolute Gasteiger partial charge is 0.163 e. The van der Waals surface area contributed by atoms with Crippen LogP contribution in [0.2, 0.25) is 0 Å². The second-order valence-electron chi connectivity index (χ2n) is 11.4. The van der Waals surface area contributed by atoms with Crippen molar-refractivity contribution >= 4 is 0 Å². The standard InChI is InChI=1S/C23H39NO3/c1-16-6-7-17-20(4)15-25-19(2,3)26-18(20)8-9-21(17,5)23(16)11-10-22(27-23)12-13-24-14-22/h16-18,24H,6-15H2,1-5H3/t16-,17-,18+,20+,21+,22-,23-/m1/s1. The van der Waals surface area contributed by atoms with Crippen LogP contribution in [0.5, 0.6) is 0 Å². The summed E-state index contributed by atoms with van der Waals surface area (Å²) in [6.07, 6.45) is 8.88. The first kappa shape index (κ1) is 18.8. The van der Waals surface area contributed by atoms with E-state index in [4.69, 9.17) is 14.2 Å². The Labute approximate surface area is 165 Å². The lowest BCUT2D eigenvalue weighted by Crippen LogP contribution is -2.68. The van der Waals surface area contributed by atoms with Gasteiger partial charge in [0.2, 0.25) is 0 Å². The molecule has 1 N–H and O–H groups in total. The van der Waals surface area contributed by atoms with Crippen LogP contribution in [0.4, 0.5) is 0 Å². The van der Waals surface area contributed by atoms with E-state index in [1.54, 1.807) is 0 Å². The summed E-state index contributed by atoms with van der Waals surface area (Å²) in [6, 6.07) is 0. The molecule has 4 heteroatoms. The molecule has 154 valence electrons. The summed E-state index contributed by atoms with van der Waals surface area (Å²) in [5, 5.41) is 3.57. The lowest BCUT2D eigenvalue weighted by molar-refractivity contribution is -0.358. The Balaban J connectivity index is 1.51. The minimum atomic E-state index is -0.443. The maximum absolute atomic E-state index is 7.24. The van der Waals surface area contributed by atoms with Crippen molar-refractivity contribution in [2.45, 2.75) is 103 Å². The van der Waals surface area contributed by atoms with E-state index in [1.165, 1.54) is 38.5 Å². The number of ether oxygens (including phenoxy) is 3. The van der Waals surface area contributed by atoms with Gasteiger partial charge < -0.3 is 19.5 Å². The van der Waals surface area contributed by atoms with Crippen LogP contribution in [0.3, 0.4) is 0 Å². The van der Waals surface area contributed by atoms with Gasteiger partial charge in [0, 0.05) is 17.4 Å². The molecule has 27 heavy (non-hydrogen) atoms. The summed E-state index contributed by atoms with van der Waals surface area (Å²) in [5.74, 6) is 0.808. The molecule has 0 amide bonds. The monoisotopic (exact) mass is 377 g/mol. The topological polar surface area (TPSA) is 39.7 Å². The minimum absolute atomic E-state index is 0.0306. The van der Waals surface area contributed by atoms with Crippen LogP contribution in [0, 0.1) is 22.7 Å². The molecule has 5 aliphatic rings. The zero-order valence-electron chi connectivity index (χ0n) is 18.0. The van der Waals surface area contributed by atoms with Crippen LogP contribution in [0.15, 0.2) is 0 Å². The van der Waals surface area contributed by atoms with E-state index < -0.39 is 5.79 Å². The van der Waals surface area contributed by atoms with Crippen molar-refractivity contribution in [2.75, 3.05) is 19.7 Å². The summed E-state index contributed by atoms with van der Waals surface area (Å²) in [6.45, 7) is 14.6. The molecule has 0 unspecified atom stereocenters. The molecular weight excluding hydrogens is 338 g/mol. The van der Waals surface area contributed by atoms with Crippen LogP contribution in [0.1, 0.15) is 79.6 Å². The van der Waals surface area contributed by atoms with Gasteiger partial charge in [-0.25, -0.2) is 0 Å². The highest BCUT2D eigenvalue weighted by atomic mass is 16.7. The van der Waals surface area contributed by atoms with Crippen LogP contribution in [-0.4, -0.2) is 42.8 Å². The number of hydrogen-bond donors (Lipinski definition) is 1. The van der Waals surface area contributed by atoms with Crippen LogP contribution in [0.25, 0.3) is 0 Å². The fourth-order valence-corrected chi connectivity index (χ4v) is 8.02. The summed E-state index contributed by atoms with van der Waals surface area (Å²) in [7, 11) is 0. The Hall–Kier alpha value is -0.160. The molecule has 0 aromatic carbocycles. The van der Waals surface area contributed by atoms with Gasteiger partial charge in [0.1, 0.15) is 0 Å².